The molecule has 2 aromatic rings. The maximum absolute atomic E-state index is 13.9. The van der Waals surface area contributed by atoms with Gasteiger partial charge in [-0.15, -0.1) is 0 Å². The van der Waals surface area contributed by atoms with Gasteiger partial charge in [-0.3, -0.25) is 4.68 Å². The molecule has 0 bridgehead atoms. The van der Waals surface area contributed by atoms with Gasteiger partial charge in [0.1, 0.15) is 29.6 Å². The maximum atomic E-state index is 13.9. The van der Waals surface area contributed by atoms with Gasteiger partial charge in [-0.25, -0.2) is 18.2 Å². The molecule has 20 heavy (non-hydrogen) atoms. The number of nitrogens with one attached hydrogen (secondary N) is 1. The Morgan fingerprint density at radius 2 is 1.90 bits per heavy atom. The number of nitrogens with zero attached hydrogens (tertiary/aromatic N) is 3. The lowest BCUT2D eigenvalue weighted by Crippen LogP contribution is -2.26. The smallest absolute Gasteiger partial charge is 0.138 e. The molecule has 2 rings (SSSR count). The number of rotatable bonds is 5. The van der Waals surface area contributed by atoms with Gasteiger partial charge in [-0.05, 0) is 6.54 Å². The fraction of sp³-hybridized carbons (Fsp3) is 0.385. The van der Waals surface area contributed by atoms with Gasteiger partial charge in [0.05, 0.1) is 0 Å². The average molecular weight is 284 g/mol. The number of halogens is 3. The van der Waals surface area contributed by atoms with Crippen molar-refractivity contribution >= 4 is 0 Å². The molecule has 1 heterocycles. The molecule has 4 nitrogen and oxygen atoms in total. The average Bonchev–Trinajstić information content (AvgIpc) is 2.74. The molecular formula is C13H15F3N4. The number of aromatic nitrogens is 3. The van der Waals surface area contributed by atoms with E-state index in [1.807, 2.05) is 6.92 Å². The lowest BCUT2D eigenvalue weighted by molar-refractivity contribution is 0.452. The Balaban J connectivity index is 2.36. The van der Waals surface area contributed by atoms with Crippen molar-refractivity contribution in [1.82, 2.24) is 20.1 Å². The van der Waals surface area contributed by atoms with Gasteiger partial charge >= 0.3 is 0 Å². The van der Waals surface area contributed by atoms with E-state index in [4.69, 9.17) is 0 Å². The molecule has 1 atom stereocenters. The summed E-state index contributed by atoms with van der Waals surface area (Å²) in [6, 6.07) is 0.724. The van der Waals surface area contributed by atoms with Crippen LogP contribution in [-0.2, 0) is 13.5 Å². The third kappa shape index (κ3) is 2.98. The van der Waals surface area contributed by atoms with Gasteiger partial charge in [0.2, 0.25) is 0 Å². The summed E-state index contributed by atoms with van der Waals surface area (Å²) in [5, 5.41) is 6.89. The largest absolute Gasteiger partial charge is 0.310 e. The fourth-order valence-corrected chi connectivity index (χ4v) is 2.10. The zero-order valence-corrected chi connectivity index (χ0v) is 11.2. The number of likely N-dealkylation sites (N-methyl/N-ethyl adjacent to an activating group) is 1. The highest BCUT2D eigenvalue weighted by Crippen LogP contribution is 2.24. The first-order valence-electron chi connectivity index (χ1n) is 6.23. The summed E-state index contributed by atoms with van der Waals surface area (Å²) in [7, 11) is 1.70. The van der Waals surface area contributed by atoms with Crippen molar-refractivity contribution in [1.29, 1.82) is 0 Å². The van der Waals surface area contributed by atoms with Crippen molar-refractivity contribution in [3.63, 3.8) is 0 Å². The minimum Gasteiger partial charge on any atom is -0.310 e. The fourth-order valence-electron chi connectivity index (χ4n) is 2.10. The third-order valence-corrected chi connectivity index (χ3v) is 3.03. The summed E-state index contributed by atoms with van der Waals surface area (Å²) >= 11 is 0. The Kier molecular flexibility index (Phi) is 4.39. The van der Waals surface area contributed by atoms with Crippen LogP contribution in [0.2, 0.25) is 0 Å². The number of benzene rings is 1. The van der Waals surface area contributed by atoms with Gasteiger partial charge in [0.15, 0.2) is 0 Å². The Morgan fingerprint density at radius 3 is 2.40 bits per heavy atom. The SMILES string of the molecule is CCNC(Cc1ncnn1C)c1c(F)cc(F)cc1F. The van der Waals surface area contributed by atoms with E-state index in [0.29, 0.717) is 24.5 Å². The molecule has 7 heteroatoms. The van der Waals surface area contributed by atoms with Crippen LogP contribution in [0.3, 0.4) is 0 Å². The lowest BCUT2D eigenvalue weighted by Gasteiger charge is -2.19. The van der Waals surface area contributed by atoms with Crippen LogP contribution in [0.15, 0.2) is 18.5 Å². The molecule has 0 fully saturated rings. The van der Waals surface area contributed by atoms with E-state index in [1.54, 1.807) is 7.05 Å². The van der Waals surface area contributed by atoms with Crippen LogP contribution in [0.4, 0.5) is 13.2 Å². The van der Waals surface area contributed by atoms with Gasteiger partial charge in [-0.2, -0.15) is 5.10 Å². The summed E-state index contributed by atoms with van der Waals surface area (Å²) in [4.78, 5) is 4.03. The lowest BCUT2D eigenvalue weighted by atomic mass is 10.0. The predicted molar refractivity (Wildman–Crippen MR) is 67.4 cm³/mol. The molecular weight excluding hydrogens is 269 g/mol. The van der Waals surface area contributed by atoms with E-state index in [2.05, 4.69) is 15.4 Å². The standard InChI is InChI=1S/C13H15F3N4/c1-3-17-11(6-12-18-7-19-20(12)2)13-9(15)4-8(14)5-10(13)16/h4-5,7,11,17H,3,6H2,1-2H3. The van der Waals surface area contributed by atoms with E-state index in [9.17, 15) is 13.2 Å². The molecule has 1 N–H and O–H groups in total. The predicted octanol–water partition coefficient (Wildman–Crippen LogP) is 2.13. The number of aryl methyl sites for hydroxylation is 1. The molecule has 0 aliphatic heterocycles. The van der Waals surface area contributed by atoms with Crippen molar-refractivity contribution in [2.45, 2.75) is 19.4 Å². The summed E-state index contributed by atoms with van der Waals surface area (Å²) in [5.41, 5.74) is -0.184. The second kappa shape index (κ2) is 6.04. The van der Waals surface area contributed by atoms with E-state index in [1.165, 1.54) is 11.0 Å². The van der Waals surface area contributed by atoms with Gasteiger partial charge in [0.25, 0.3) is 0 Å². The van der Waals surface area contributed by atoms with Crippen molar-refractivity contribution < 1.29 is 13.2 Å². The minimum absolute atomic E-state index is 0.184. The maximum Gasteiger partial charge on any atom is 0.138 e. The highest BCUT2D eigenvalue weighted by Gasteiger charge is 2.22. The quantitative estimate of drug-likeness (QED) is 0.914. The summed E-state index contributed by atoms with van der Waals surface area (Å²) in [5.74, 6) is -2.16. The van der Waals surface area contributed by atoms with Gasteiger partial charge < -0.3 is 5.32 Å². The Morgan fingerprint density at radius 1 is 1.25 bits per heavy atom. The second-order valence-corrected chi connectivity index (χ2v) is 4.40. The monoisotopic (exact) mass is 284 g/mol. The molecule has 1 aromatic carbocycles. The summed E-state index contributed by atoms with van der Waals surface area (Å²) < 4.78 is 42.2. The molecule has 0 saturated heterocycles. The number of hydrogen-bond donors (Lipinski definition) is 1. The molecule has 1 unspecified atom stereocenters. The minimum atomic E-state index is -0.933. The van der Waals surface area contributed by atoms with Crippen LogP contribution < -0.4 is 5.32 Å². The molecule has 0 aliphatic rings. The van der Waals surface area contributed by atoms with E-state index in [0.717, 1.165) is 0 Å². The van der Waals surface area contributed by atoms with Crippen LogP contribution in [0, 0.1) is 17.5 Å². The topological polar surface area (TPSA) is 42.7 Å². The molecule has 0 spiro atoms. The first-order chi connectivity index (χ1) is 9.52. The van der Waals surface area contributed by atoms with Crippen molar-refractivity contribution in [2.75, 3.05) is 6.54 Å². The molecule has 0 amide bonds. The van der Waals surface area contributed by atoms with Gasteiger partial charge in [0, 0.05) is 37.2 Å². The third-order valence-electron chi connectivity index (χ3n) is 3.03. The normalized spacial score (nSPS) is 12.7. The molecule has 0 saturated carbocycles. The Hall–Kier alpha value is -1.89. The van der Waals surface area contributed by atoms with Crippen LogP contribution in [0.5, 0.6) is 0 Å². The van der Waals surface area contributed by atoms with Crippen molar-refractivity contribution in [2.24, 2.45) is 7.05 Å². The number of hydrogen-bond acceptors (Lipinski definition) is 3. The second-order valence-electron chi connectivity index (χ2n) is 4.40. The zero-order valence-electron chi connectivity index (χ0n) is 11.2. The highest BCUT2D eigenvalue weighted by atomic mass is 19.1. The van der Waals surface area contributed by atoms with Crippen LogP contribution in [0.25, 0.3) is 0 Å². The van der Waals surface area contributed by atoms with Crippen LogP contribution in [-0.4, -0.2) is 21.3 Å². The van der Waals surface area contributed by atoms with E-state index >= 15 is 0 Å². The molecule has 108 valence electrons. The van der Waals surface area contributed by atoms with Crippen molar-refractivity contribution in [3.8, 4) is 0 Å². The Bertz CT molecular complexity index is 574. The zero-order chi connectivity index (χ0) is 14.7. The van der Waals surface area contributed by atoms with E-state index in [-0.39, 0.29) is 12.0 Å². The first-order valence-corrected chi connectivity index (χ1v) is 6.23. The van der Waals surface area contributed by atoms with Crippen molar-refractivity contribution in [3.05, 3.63) is 47.3 Å². The molecule has 0 aliphatic carbocycles. The van der Waals surface area contributed by atoms with Crippen LogP contribution >= 0.6 is 0 Å². The van der Waals surface area contributed by atoms with E-state index < -0.39 is 23.5 Å². The summed E-state index contributed by atoms with van der Waals surface area (Å²) in [6.07, 6.45) is 1.62. The van der Waals surface area contributed by atoms with Gasteiger partial charge in [-0.1, -0.05) is 6.92 Å². The van der Waals surface area contributed by atoms with Crippen LogP contribution in [0.1, 0.15) is 24.4 Å². The first kappa shape index (κ1) is 14.5. The molecule has 1 aromatic heterocycles. The Labute approximate surface area is 114 Å². The summed E-state index contributed by atoms with van der Waals surface area (Å²) in [6.45, 7) is 2.34. The highest BCUT2D eigenvalue weighted by molar-refractivity contribution is 5.25. The molecule has 0 radical (unpaired) electrons.